The summed E-state index contributed by atoms with van der Waals surface area (Å²) in [6.07, 6.45) is 5.81. The molecule has 1 nitrogen and oxygen atoms in total. The summed E-state index contributed by atoms with van der Waals surface area (Å²) in [7, 11) is 0. The maximum atomic E-state index is 11.3. The number of hydrogen-bond donors (Lipinski definition) is 0. The highest BCUT2D eigenvalue weighted by molar-refractivity contribution is 6.64. The van der Waals surface area contributed by atoms with E-state index in [1.807, 2.05) is 0 Å². The quantitative estimate of drug-likeness (QED) is 0.480. The van der Waals surface area contributed by atoms with Crippen LogP contribution in [0.25, 0.3) is 0 Å². The molecule has 0 aromatic carbocycles. The topological polar surface area (TPSA) is 17.1 Å². The Labute approximate surface area is 90.5 Å². The van der Waals surface area contributed by atoms with Crippen LogP contribution >= 0.6 is 11.6 Å². The van der Waals surface area contributed by atoms with E-state index >= 15 is 0 Å². The Morgan fingerprint density at radius 2 is 2.21 bits per heavy atom. The molecule has 0 saturated heterocycles. The summed E-state index contributed by atoms with van der Waals surface area (Å²) in [5.41, 5.74) is 1.59. The van der Waals surface area contributed by atoms with Gasteiger partial charge in [-0.3, -0.25) is 4.79 Å². The number of rotatable bonds is 1. The molecule has 0 heterocycles. The largest absolute Gasteiger partial charge is 0.281 e. The molecule has 0 bridgehead atoms. The first kappa shape index (κ1) is 10.2. The lowest BCUT2D eigenvalue weighted by Crippen LogP contribution is -2.11. The Bertz CT molecular complexity index is 316. The third-order valence-corrected chi connectivity index (χ3v) is 4.46. The van der Waals surface area contributed by atoms with E-state index in [0.29, 0.717) is 0 Å². The summed E-state index contributed by atoms with van der Waals surface area (Å²) in [5.74, 6) is 0.0481. The van der Waals surface area contributed by atoms with Gasteiger partial charge in [0, 0.05) is 11.3 Å². The van der Waals surface area contributed by atoms with Gasteiger partial charge in [0.1, 0.15) is 0 Å². The molecule has 78 valence electrons. The first-order valence-corrected chi connectivity index (χ1v) is 5.67. The van der Waals surface area contributed by atoms with Crippen molar-refractivity contribution >= 4 is 16.8 Å². The molecule has 1 saturated carbocycles. The highest BCUT2D eigenvalue weighted by Crippen LogP contribution is 2.73. The monoisotopic (exact) mass is 212 g/mol. The second-order valence-electron chi connectivity index (χ2n) is 5.34. The Hall–Kier alpha value is -0.300. The minimum Gasteiger partial charge on any atom is -0.281 e. The van der Waals surface area contributed by atoms with Crippen LogP contribution < -0.4 is 0 Å². The van der Waals surface area contributed by atoms with Gasteiger partial charge in [-0.25, -0.2) is 0 Å². The Morgan fingerprint density at radius 3 is 2.64 bits per heavy atom. The number of allylic oxidation sites excluding steroid dienone is 2. The van der Waals surface area contributed by atoms with Crippen LogP contribution in [0.3, 0.4) is 0 Å². The Morgan fingerprint density at radius 1 is 1.57 bits per heavy atom. The van der Waals surface area contributed by atoms with Crippen molar-refractivity contribution in [2.45, 2.75) is 40.0 Å². The zero-order valence-electron chi connectivity index (χ0n) is 9.06. The molecular weight excluding hydrogens is 196 g/mol. The highest BCUT2D eigenvalue weighted by Gasteiger charge is 2.72. The highest BCUT2D eigenvalue weighted by atomic mass is 35.5. The SMILES string of the molecule is CC1=CC2(CCC1)C(C(=O)Cl)C2(C)C. The minimum atomic E-state index is -0.152. The summed E-state index contributed by atoms with van der Waals surface area (Å²) in [6, 6.07) is 0. The first-order valence-electron chi connectivity index (χ1n) is 5.29. The molecule has 2 rings (SSSR count). The Kier molecular flexibility index (Phi) is 2.08. The summed E-state index contributed by atoms with van der Waals surface area (Å²) in [5, 5.41) is -0.152. The first-order chi connectivity index (χ1) is 6.42. The van der Waals surface area contributed by atoms with E-state index in [1.165, 1.54) is 18.4 Å². The van der Waals surface area contributed by atoms with E-state index in [1.54, 1.807) is 0 Å². The van der Waals surface area contributed by atoms with Crippen LogP contribution in [0.2, 0.25) is 0 Å². The molecule has 0 N–H and O–H groups in total. The molecule has 0 amide bonds. The lowest BCUT2D eigenvalue weighted by atomic mass is 9.83. The van der Waals surface area contributed by atoms with E-state index in [-0.39, 0.29) is 22.0 Å². The van der Waals surface area contributed by atoms with Crippen LogP contribution in [0.4, 0.5) is 0 Å². The summed E-state index contributed by atoms with van der Waals surface area (Å²) in [4.78, 5) is 11.3. The molecule has 2 heteroatoms. The molecular formula is C12H17ClO. The lowest BCUT2D eigenvalue weighted by molar-refractivity contribution is -0.113. The van der Waals surface area contributed by atoms with E-state index in [2.05, 4.69) is 26.8 Å². The molecule has 1 spiro atoms. The van der Waals surface area contributed by atoms with Crippen molar-refractivity contribution in [1.82, 2.24) is 0 Å². The van der Waals surface area contributed by atoms with Crippen molar-refractivity contribution in [3.63, 3.8) is 0 Å². The third kappa shape index (κ3) is 1.11. The van der Waals surface area contributed by atoms with Gasteiger partial charge in [-0.05, 0) is 43.2 Å². The van der Waals surface area contributed by atoms with Gasteiger partial charge in [0.15, 0.2) is 0 Å². The second kappa shape index (κ2) is 2.85. The predicted octanol–water partition coefficient (Wildman–Crippen LogP) is 3.52. The lowest BCUT2D eigenvalue weighted by Gasteiger charge is -2.22. The number of carbonyl (C=O) groups is 1. The zero-order valence-corrected chi connectivity index (χ0v) is 9.82. The van der Waals surface area contributed by atoms with Crippen LogP contribution in [-0.2, 0) is 4.79 Å². The van der Waals surface area contributed by atoms with Gasteiger partial charge in [-0.2, -0.15) is 0 Å². The molecule has 2 unspecified atom stereocenters. The minimum absolute atomic E-state index is 0.0481. The number of halogens is 1. The normalized spacial score (nSPS) is 39.4. The smallest absolute Gasteiger partial charge is 0.226 e. The van der Waals surface area contributed by atoms with E-state index < -0.39 is 0 Å². The predicted molar refractivity (Wildman–Crippen MR) is 58.2 cm³/mol. The van der Waals surface area contributed by atoms with Crippen LogP contribution in [0.15, 0.2) is 11.6 Å². The average molecular weight is 213 g/mol. The molecule has 0 aromatic heterocycles. The van der Waals surface area contributed by atoms with Crippen molar-refractivity contribution in [2.75, 3.05) is 0 Å². The number of carbonyl (C=O) groups excluding carboxylic acids is 1. The molecule has 2 aliphatic carbocycles. The van der Waals surface area contributed by atoms with Gasteiger partial charge < -0.3 is 0 Å². The third-order valence-electron chi connectivity index (χ3n) is 4.25. The second-order valence-corrected chi connectivity index (χ2v) is 5.72. The fourth-order valence-electron chi connectivity index (χ4n) is 3.35. The molecule has 2 aliphatic rings. The standard InChI is InChI=1S/C12H17ClO/c1-8-5-4-6-12(7-8)9(10(13)14)11(12,2)3/h7,9H,4-6H2,1-3H3. The van der Waals surface area contributed by atoms with Gasteiger partial charge in [0.05, 0.1) is 0 Å². The van der Waals surface area contributed by atoms with Crippen molar-refractivity contribution in [3.05, 3.63) is 11.6 Å². The van der Waals surface area contributed by atoms with Crippen LogP contribution in [-0.4, -0.2) is 5.24 Å². The van der Waals surface area contributed by atoms with Crippen LogP contribution in [0.1, 0.15) is 40.0 Å². The summed E-state index contributed by atoms with van der Waals surface area (Å²) in [6.45, 7) is 6.48. The molecule has 14 heavy (non-hydrogen) atoms. The maximum Gasteiger partial charge on any atom is 0.226 e. The Balaban J connectivity index is 2.35. The average Bonchev–Trinajstić information content (AvgIpc) is 2.45. The molecule has 0 radical (unpaired) electrons. The molecule has 0 aliphatic heterocycles. The van der Waals surface area contributed by atoms with Crippen LogP contribution in [0, 0.1) is 16.7 Å². The fraction of sp³-hybridized carbons (Fsp3) is 0.750. The van der Waals surface area contributed by atoms with Crippen LogP contribution in [0.5, 0.6) is 0 Å². The van der Waals surface area contributed by atoms with Crippen molar-refractivity contribution < 1.29 is 4.79 Å². The van der Waals surface area contributed by atoms with Gasteiger partial charge in [-0.15, -0.1) is 0 Å². The van der Waals surface area contributed by atoms with E-state index in [9.17, 15) is 4.79 Å². The van der Waals surface area contributed by atoms with E-state index in [4.69, 9.17) is 11.6 Å². The van der Waals surface area contributed by atoms with Crippen molar-refractivity contribution in [1.29, 1.82) is 0 Å². The molecule has 1 fully saturated rings. The van der Waals surface area contributed by atoms with Crippen molar-refractivity contribution in [2.24, 2.45) is 16.7 Å². The van der Waals surface area contributed by atoms with Gasteiger partial charge in [-0.1, -0.05) is 25.5 Å². The van der Waals surface area contributed by atoms with E-state index in [0.717, 1.165) is 6.42 Å². The van der Waals surface area contributed by atoms with Crippen molar-refractivity contribution in [3.8, 4) is 0 Å². The van der Waals surface area contributed by atoms with Gasteiger partial charge in [0.2, 0.25) is 5.24 Å². The molecule has 0 aromatic rings. The zero-order chi connectivity index (χ0) is 10.6. The fourth-order valence-corrected chi connectivity index (χ4v) is 3.82. The molecule has 2 atom stereocenters. The van der Waals surface area contributed by atoms with Gasteiger partial charge in [0.25, 0.3) is 0 Å². The van der Waals surface area contributed by atoms with Gasteiger partial charge >= 0.3 is 0 Å². The summed E-state index contributed by atoms with van der Waals surface area (Å²) < 4.78 is 0. The number of hydrogen-bond acceptors (Lipinski definition) is 1. The summed E-state index contributed by atoms with van der Waals surface area (Å²) >= 11 is 5.66. The maximum absolute atomic E-state index is 11.3.